The van der Waals surface area contributed by atoms with E-state index in [9.17, 15) is 12.8 Å². The summed E-state index contributed by atoms with van der Waals surface area (Å²) < 4.78 is 41.2. The Morgan fingerprint density at radius 1 is 1.32 bits per heavy atom. The highest BCUT2D eigenvalue weighted by Crippen LogP contribution is 2.30. The van der Waals surface area contributed by atoms with Gasteiger partial charge in [-0.15, -0.1) is 0 Å². The monoisotopic (exact) mass is 301 g/mol. The highest BCUT2D eigenvalue weighted by molar-refractivity contribution is 8.13. The molecule has 1 aromatic heterocycles. The van der Waals surface area contributed by atoms with Crippen molar-refractivity contribution in [2.24, 2.45) is 0 Å². The van der Waals surface area contributed by atoms with E-state index < -0.39 is 14.9 Å². The number of nitrogens with zero attached hydrogens (tertiary/aromatic N) is 1. The average Bonchev–Trinajstić information content (AvgIpc) is 2.33. The largest absolute Gasteiger partial charge is 0.437 e. The molecule has 0 fully saturated rings. The van der Waals surface area contributed by atoms with Crippen LogP contribution in [0.2, 0.25) is 0 Å². The molecule has 0 aliphatic rings. The first-order chi connectivity index (χ1) is 8.88. The van der Waals surface area contributed by atoms with Gasteiger partial charge in [-0.25, -0.2) is 17.8 Å². The minimum absolute atomic E-state index is 0.181. The molecule has 0 spiro atoms. The summed E-state index contributed by atoms with van der Waals surface area (Å²) in [6.45, 7) is 1.70. The Kier molecular flexibility index (Phi) is 3.73. The van der Waals surface area contributed by atoms with E-state index in [-0.39, 0.29) is 16.5 Å². The van der Waals surface area contributed by atoms with Crippen LogP contribution in [0, 0.1) is 12.7 Å². The Balaban J connectivity index is 2.47. The lowest BCUT2D eigenvalue weighted by atomic mass is 10.2. The molecule has 0 saturated carbocycles. The Bertz CT molecular complexity index is 719. The fourth-order valence-corrected chi connectivity index (χ4v) is 2.32. The highest BCUT2D eigenvalue weighted by Gasteiger charge is 2.18. The van der Waals surface area contributed by atoms with Gasteiger partial charge in [0.2, 0.25) is 5.88 Å². The molecular weight excluding hydrogens is 293 g/mol. The number of benzene rings is 1. The van der Waals surface area contributed by atoms with Crippen molar-refractivity contribution in [1.82, 2.24) is 4.98 Å². The summed E-state index contributed by atoms with van der Waals surface area (Å²) in [5.41, 5.74) is 0.643. The van der Waals surface area contributed by atoms with Crippen molar-refractivity contribution in [3.63, 3.8) is 0 Å². The number of hydrogen-bond donors (Lipinski definition) is 0. The van der Waals surface area contributed by atoms with Crippen molar-refractivity contribution in [3.8, 4) is 11.6 Å². The van der Waals surface area contributed by atoms with E-state index in [4.69, 9.17) is 15.4 Å². The molecule has 0 saturated heterocycles. The van der Waals surface area contributed by atoms with Crippen molar-refractivity contribution in [1.29, 1.82) is 0 Å². The molecule has 0 amide bonds. The number of aromatic nitrogens is 1. The van der Waals surface area contributed by atoms with E-state index in [0.717, 1.165) is 6.07 Å². The van der Waals surface area contributed by atoms with Crippen molar-refractivity contribution >= 4 is 19.7 Å². The maximum atomic E-state index is 13.1. The van der Waals surface area contributed by atoms with E-state index >= 15 is 0 Å². The second kappa shape index (κ2) is 5.14. The molecule has 2 rings (SSSR count). The molecule has 100 valence electrons. The first-order valence-electron chi connectivity index (χ1n) is 5.21. The normalized spacial score (nSPS) is 11.3. The van der Waals surface area contributed by atoms with Crippen LogP contribution in [0.5, 0.6) is 11.6 Å². The molecule has 0 aliphatic heterocycles. The SMILES string of the molecule is Cc1ccc(F)cc1Oc1ncccc1S(=O)(=O)Cl. The molecule has 1 heterocycles. The molecule has 4 nitrogen and oxygen atoms in total. The van der Waals surface area contributed by atoms with Crippen LogP contribution >= 0.6 is 10.7 Å². The van der Waals surface area contributed by atoms with Gasteiger partial charge >= 0.3 is 0 Å². The van der Waals surface area contributed by atoms with Crippen molar-refractivity contribution in [2.75, 3.05) is 0 Å². The Morgan fingerprint density at radius 3 is 2.74 bits per heavy atom. The second-order valence-corrected chi connectivity index (χ2v) is 6.29. The molecule has 0 atom stereocenters. The topological polar surface area (TPSA) is 56.3 Å². The molecule has 0 aliphatic carbocycles. The fraction of sp³-hybridized carbons (Fsp3) is 0.0833. The van der Waals surface area contributed by atoms with Gasteiger partial charge in [0.25, 0.3) is 9.05 Å². The number of hydrogen-bond acceptors (Lipinski definition) is 4. The summed E-state index contributed by atoms with van der Waals surface area (Å²) in [6.07, 6.45) is 1.36. The standard InChI is InChI=1S/C12H9ClFNO3S/c1-8-4-5-9(14)7-10(8)18-12-11(19(13,16)17)3-2-6-15-12/h2-7H,1H3. The van der Waals surface area contributed by atoms with Gasteiger partial charge in [0, 0.05) is 22.9 Å². The molecule has 0 bridgehead atoms. The Labute approximate surface area is 114 Å². The zero-order valence-electron chi connectivity index (χ0n) is 9.80. The summed E-state index contributed by atoms with van der Waals surface area (Å²) in [4.78, 5) is 3.54. The van der Waals surface area contributed by atoms with E-state index in [2.05, 4.69) is 4.98 Å². The molecule has 7 heteroatoms. The highest BCUT2D eigenvalue weighted by atomic mass is 35.7. The van der Waals surface area contributed by atoms with E-state index in [1.807, 2.05) is 0 Å². The van der Waals surface area contributed by atoms with E-state index in [0.29, 0.717) is 5.56 Å². The summed E-state index contributed by atoms with van der Waals surface area (Å²) in [5, 5.41) is 0. The van der Waals surface area contributed by atoms with Crippen LogP contribution in [0.4, 0.5) is 4.39 Å². The minimum atomic E-state index is -3.99. The Morgan fingerprint density at radius 2 is 2.05 bits per heavy atom. The van der Waals surface area contributed by atoms with Crippen LogP contribution in [-0.4, -0.2) is 13.4 Å². The zero-order valence-corrected chi connectivity index (χ0v) is 11.4. The van der Waals surface area contributed by atoms with Crippen molar-refractivity contribution < 1.29 is 17.5 Å². The number of rotatable bonds is 3. The molecule has 19 heavy (non-hydrogen) atoms. The lowest BCUT2D eigenvalue weighted by Gasteiger charge is -2.09. The third-order valence-corrected chi connectivity index (χ3v) is 3.69. The smallest absolute Gasteiger partial charge is 0.266 e. The third kappa shape index (κ3) is 3.21. The van der Waals surface area contributed by atoms with Crippen LogP contribution in [0.15, 0.2) is 41.4 Å². The third-order valence-electron chi connectivity index (χ3n) is 2.36. The molecule has 0 radical (unpaired) electrons. The molecule has 1 aromatic carbocycles. The van der Waals surface area contributed by atoms with Gasteiger partial charge in [0.05, 0.1) is 0 Å². The molecule has 2 aromatic rings. The molecular formula is C12H9ClFNO3S. The van der Waals surface area contributed by atoms with E-state index in [1.54, 1.807) is 6.92 Å². The average molecular weight is 302 g/mol. The fourth-order valence-electron chi connectivity index (χ4n) is 1.43. The van der Waals surface area contributed by atoms with Crippen LogP contribution < -0.4 is 4.74 Å². The van der Waals surface area contributed by atoms with Gasteiger partial charge in [-0.3, -0.25) is 0 Å². The van der Waals surface area contributed by atoms with Gasteiger partial charge in [-0.1, -0.05) is 6.07 Å². The quantitative estimate of drug-likeness (QED) is 0.817. The van der Waals surface area contributed by atoms with Crippen LogP contribution in [0.3, 0.4) is 0 Å². The summed E-state index contributed by atoms with van der Waals surface area (Å²) in [6, 6.07) is 6.62. The number of pyridine rings is 1. The maximum absolute atomic E-state index is 13.1. The minimum Gasteiger partial charge on any atom is -0.437 e. The number of aryl methyl sites for hydroxylation is 1. The van der Waals surface area contributed by atoms with Crippen LogP contribution in [0.1, 0.15) is 5.56 Å². The van der Waals surface area contributed by atoms with Gasteiger partial charge in [0.15, 0.2) is 0 Å². The summed E-state index contributed by atoms with van der Waals surface area (Å²) in [7, 11) is 1.29. The predicted molar refractivity (Wildman–Crippen MR) is 68.5 cm³/mol. The van der Waals surface area contributed by atoms with Crippen molar-refractivity contribution in [3.05, 3.63) is 47.9 Å². The first-order valence-corrected chi connectivity index (χ1v) is 7.52. The predicted octanol–water partition coefficient (Wildman–Crippen LogP) is 3.25. The van der Waals surface area contributed by atoms with Gasteiger partial charge < -0.3 is 4.74 Å². The second-order valence-electron chi connectivity index (χ2n) is 3.76. The zero-order chi connectivity index (χ0) is 14.0. The molecule has 0 N–H and O–H groups in total. The number of halogens is 2. The van der Waals surface area contributed by atoms with Crippen molar-refractivity contribution in [2.45, 2.75) is 11.8 Å². The lowest BCUT2D eigenvalue weighted by Crippen LogP contribution is -1.99. The van der Waals surface area contributed by atoms with E-state index in [1.165, 1.54) is 30.5 Å². The first kappa shape index (κ1) is 13.8. The number of ether oxygens (including phenoxy) is 1. The summed E-state index contributed by atoms with van der Waals surface area (Å²) >= 11 is 0. The van der Waals surface area contributed by atoms with Gasteiger partial charge in [-0.2, -0.15) is 0 Å². The van der Waals surface area contributed by atoms with Gasteiger partial charge in [-0.05, 0) is 30.7 Å². The molecule has 0 unspecified atom stereocenters. The van der Waals surface area contributed by atoms with Crippen LogP contribution in [0.25, 0.3) is 0 Å². The van der Waals surface area contributed by atoms with Gasteiger partial charge in [0.1, 0.15) is 16.5 Å². The summed E-state index contributed by atoms with van der Waals surface area (Å²) in [5.74, 6) is -0.502. The van der Waals surface area contributed by atoms with Crippen LogP contribution in [-0.2, 0) is 9.05 Å². The lowest BCUT2D eigenvalue weighted by molar-refractivity contribution is 0.440. The maximum Gasteiger partial charge on any atom is 0.266 e. The Hall–Kier alpha value is -1.66.